The first kappa shape index (κ1) is 23.3. The zero-order valence-electron chi connectivity index (χ0n) is 19.7. The first-order valence-electron chi connectivity index (χ1n) is 11.8. The van der Waals surface area contributed by atoms with E-state index in [1.165, 1.54) is 4.31 Å². The molecule has 0 atom stereocenters. The Hall–Kier alpha value is -3.42. The summed E-state index contributed by atoms with van der Waals surface area (Å²) in [6.07, 6.45) is 3.49. The van der Waals surface area contributed by atoms with Crippen molar-refractivity contribution in [1.29, 1.82) is 0 Å². The van der Waals surface area contributed by atoms with Gasteiger partial charge in [-0.15, -0.1) is 0 Å². The SMILES string of the molecule is Cn1cccc1CN(Cc1ccccc1)C(=O)CN(C1CC1)S(=O)(=O)c1cccc2ccccc12. The number of rotatable bonds is 9. The average Bonchev–Trinajstić information content (AvgIpc) is 3.63. The van der Waals surface area contributed by atoms with E-state index in [1.807, 2.05) is 90.6 Å². The molecule has 0 radical (unpaired) electrons. The Morgan fingerprint density at radius 2 is 1.60 bits per heavy atom. The van der Waals surface area contributed by atoms with E-state index in [9.17, 15) is 13.2 Å². The predicted octanol–water partition coefficient (Wildman–Crippen LogP) is 4.56. The quantitative estimate of drug-likeness (QED) is 0.348. The lowest BCUT2D eigenvalue weighted by molar-refractivity contribution is -0.132. The largest absolute Gasteiger partial charge is 0.353 e. The van der Waals surface area contributed by atoms with Crippen LogP contribution in [0.25, 0.3) is 10.8 Å². The van der Waals surface area contributed by atoms with E-state index in [-0.39, 0.29) is 23.4 Å². The predicted molar refractivity (Wildman–Crippen MR) is 137 cm³/mol. The fourth-order valence-corrected chi connectivity index (χ4v) is 6.30. The standard InChI is InChI=1S/C28H29N3O3S/c1-29-18-8-13-25(29)20-30(19-22-9-3-2-4-10-22)28(32)21-31(24-16-17-24)35(33,34)27-15-7-12-23-11-5-6-14-26(23)27/h2-15,18,24H,16-17,19-21H2,1H3. The van der Waals surface area contributed by atoms with E-state index in [0.29, 0.717) is 18.5 Å². The van der Waals surface area contributed by atoms with E-state index < -0.39 is 10.0 Å². The molecule has 7 heteroatoms. The van der Waals surface area contributed by atoms with Crippen molar-refractivity contribution in [2.24, 2.45) is 7.05 Å². The van der Waals surface area contributed by atoms with Gasteiger partial charge in [0, 0.05) is 36.9 Å². The first-order chi connectivity index (χ1) is 16.9. The number of aromatic nitrogens is 1. The van der Waals surface area contributed by atoms with Crippen LogP contribution in [0.5, 0.6) is 0 Å². The van der Waals surface area contributed by atoms with Gasteiger partial charge in [-0.2, -0.15) is 4.31 Å². The Morgan fingerprint density at radius 3 is 2.31 bits per heavy atom. The van der Waals surface area contributed by atoms with Gasteiger partial charge in [0.25, 0.3) is 0 Å². The Balaban J connectivity index is 1.45. The minimum atomic E-state index is -3.86. The summed E-state index contributed by atoms with van der Waals surface area (Å²) in [7, 11) is -1.91. The molecule has 1 saturated carbocycles. The molecule has 1 amide bonds. The second-order valence-electron chi connectivity index (χ2n) is 9.10. The molecule has 1 aliphatic carbocycles. The molecule has 1 fully saturated rings. The Labute approximate surface area is 206 Å². The number of fused-ring (bicyclic) bond motifs is 1. The van der Waals surface area contributed by atoms with E-state index in [1.54, 1.807) is 17.0 Å². The number of aryl methyl sites for hydroxylation is 1. The van der Waals surface area contributed by atoms with Crippen molar-refractivity contribution >= 4 is 26.7 Å². The molecule has 5 rings (SSSR count). The second-order valence-corrected chi connectivity index (χ2v) is 11.0. The molecule has 35 heavy (non-hydrogen) atoms. The van der Waals surface area contributed by atoms with Gasteiger partial charge in [0.05, 0.1) is 18.0 Å². The Kier molecular flexibility index (Phi) is 6.45. The van der Waals surface area contributed by atoms with Crippen molar-refractivity contribution in [3.05, 3.63) is 102 Å². The van der Waals surface area contributed by atoms with Crippen molar-refractivity contribution in [3.63, 3.8) is 0 Å². The average molecular weight is 488 g/mol. The van der Waals surface area contributed by atoms with Gasteiger partial charge >= 0.3 is 0 Å². The molecule has 0 saturated heterocycles. The second kappa shape index (κ2) is 9.68. The van der Waals surface area contributed by atoms with Crippen molar-refractivity contribution in [3.8, 4) is 0 Å². The molecule has 0 aliphatic heterocycles. The topological polar surface area (TPSA) is 62.6 Å². The number of hydrogen-bond donors (Lipinski definition) is 0. The van der Waals surface area contributed by atoms with Gasteiger partial charge in [0.2, 0.25) is 15.9 Å². The van der Waals surface area contributed by atoms with Crippen LogP contribution in [0.15, 0.2) is 96.0 Å². The van der Waals surface area contributed by atoms with Crippen LogP contribution < -0.4 is 0 Å². The van der Waals surface area contributed by atoms with Gasteiger partial charge < -0.3 is 9.47 Å². The van der Waals surface area contributed by atoms with Crippen LogP contribution in [0.3, 0.4) is 0 Å². The van der Waals surface area contributed by atoms with Crippen LogP contribution in [-0.2, 0) is 35.0 Å². The number of carbonyl (C=O) groups is 1. The molecule has 1 aliphatic rings. The number of benzene rings is 3. The van der Waals surface area contributed by atoms with Gasteiger partial charge in [-0.05, 0) is 42.0 Å². The third-order valence-corrected chi connectivity index (χ3v) is 8.51. The van der Waals surface area contributed by atoms with E-state index >= 15 is 0 Å². The van der Waals surface area contributed by atoms with Crippen LogP contribution in [0, 0.1) is 0 Å². The fourth-order valence-electron chi connectivity index (χ4n) is 4.45. The number of hydrogen-bond acceptors (Lipinski definition) is 3. The molecule has 1 heterocycles. The number of sulfonamides is 1. The summed E-state index contributed by atoms with van der Waals surface area (Å²) in [4.78, 5) is 15.7. The number of amides is 1. The molecule has 180 valence electrons. The summed E-state index contributed by atoms with van der Waals surface area (Å²) in [6.45, 7) is 0.648. The van der Waals surface area contributed by atoms with Crippen molar-refractivity contribution < 1.29 is 13.2 Å². The molecular weight excluding hydrogens is 458 g/mol. The van der Waals surface area contributed by atoms with E-state index in [4.69, 9.17) is 0 Å². The van der Waals surface area contributed by atoms with Gasteiger partial charge in [-0.1, -0.05) is 66.7 Å². The zero-order chi connectivity index (χ0) is 24.4. The maximum Gasteiger partial charge on any atom is 0.244 e. The molecule has 0 spiro atoms. The Morgan fingerprint density at radius 1 is 0.886 bits per heavy atom. The van der Waals surface area contributed by atoms with Gasteiger partial charge in [0.15, 0.2) is 0 Å². The van der Waals surface area contributed by atoms with Gasteiger partial charge in [-0.25, -0.2) is 8.42 Å². The highest BCUT2D eigenvalue weighted by molar-refractivity contribution is 7.89. The smallest absolute Gasteiger partial charge is 0.244 e. The first-order valence-corrected chi connectivity index (χ1v) is 13.3. The summed E-state index contributed by atoms with van der Waals surface area (Å²) in [6, 6.07) is 26.4. The van der Waals surface area contributed by atoms with Crippen LogP contribution in [0.4, 0.5) is 0 Å². The number of carbonyl (C=O) groups excluding carboxylic acids is 1. The zero-order valence-corrected chi connectivity index (χ0v) is 20.6. The van der Waals surface area contributed by atoms with Crippen molar-refractivity contribution in [2.75, 3.05) is 6.54 Å². The van der Waals surface area contributed by atoms with E-state index in [0.717, 1.165) is 29.5 Å². The van der Waals surface area contributed by atoms with Crippen molar-refractivity contribution in [1.82, 2.24) is 13.8 Å². The summed E-state index contributed by atoms with van der Waals surface area (Å²) in [5.74, 6) is -0.203. The molecule has 0 unspecified atom stereocenters. The summed E-state index contributed by atoms with van der Waals surface area (Å²) in [5.41, 5.74) is 1.99. The highest BCUT2D eigenvalue weighted by Gasteiger charge is 2.40. The monoisotopic (exact) mass is 487 g/mol. The Bertz CT molecular complexity index is 1440. The van der Waals surface area contributed by atoms with E-state index in [2.05, 4.69) is 0 Å². The van der Waals surface area contributed by atoms with Crippen LogP contribution >= 0.6 is 0 Å². The lowest BCUT2D eigenvalue weighted by Gasteiger charge is -2.28. The molecule has 0 N–H and O–H groups in total. The fraction of sp³-hybridized carbons (Fsp3) is 0.250. The molecule has 3 aromatic carbocycles. The molecule has 6 nitrogen and oxygen atoms in total. The number of nitrogens with zero attached hydrogens (tertiary/aromatic N) is 3. The van der Waals surface area contributed by atoms with Gasteiger partial charge in [0.1, 0.15) is 0 Å². The highest BCUT2D eigenvalue weighted by Crippen LogP contribution is 2.34. The molecular formula is C28H29N3O3S. The van der Waals surface area contributed by atoms with Crippen LogP contribution in [-0.4, -0.2) is 40.7 Å². The maximum atomic E-state index is 13.9. The highest BCUT2D eigenvalue weighted by atomic mass is 32.2. The normalized spacial score (nSPS) is 13.9. The minimum absolute atomic E-state index is 0.142. The summed E-state index contributed by atoms with van der Waals surface area (Å²) >= 11 is 0. The summed E-state index contributed by atoms with van der Waals surface area (Å²) in [5, 5.41) is 1.54. The third kappa shape index (κ3) is 5.01. The van der Waals surface area contributed by atoms with Gasteiger partial charge in [-0.3, -0.25) is 4.79 Å². The van der Waals surface area contributed by atoms with Crippen molar-refractivity contribution in [2.45, 2.75) is 36.9 Å². The maximum absolute atomic E-state index is 13.9. The molecule has 0 bridgehead atoms. The molecule has 1 aromatic heterocycles. The minimum Gasteiger partial charge on any atom is -0.353 e. The summed E-state index contributed by atoms with van der Waals surface area (Å²) < 4.78 is 31.1. The lowest BCUT2D eigenvalue weighted by Crippen LogP contribution is -2.43. The molecule has 4 aromatic rings. The van der Waals surface area contributed by atoms with Crippen LogP contribution in [0.1, 0.15) is 24.1 Å². The lowest BCUT2D eigenvalue weighted by atomic mass is 10.1. The third-order valence-electron chi connectivity index (χ3n) is 6.55. The van der Waals surface area contributed by atoms with Crippen LogP contribution in [0.2, 0.25) is 0 Å².